The molecular formula is C20H25N3O4S2. The molecule has 1 fully saturated rings. The molecule has 1 aromatic carbocycles. The maximum absolute atomic E-state index is 13.0. The van der Waals surface area contributed by atoms with Gasteiger partial charge < -0.3 is 10.6 Å². The Hall–Kier alpha value is -2.23. The molecule has 1 saturated heterocycles. The Morgan fingerprint density at radius 3 is 2.62 bits per heavy atom. The molecule has 2 aromatic rings. The highest BCUT2D eigenvalue weighted by atomic mass is 32.2. The zero-order valence-corrected chi connectivity index (χ0v) is 17.9. The van der Waals surface area contributed by atoms with Gasteiger partial charge in [0.25, 0.3) is 0 Å². The number of amides is 2. The summed E-state index contributed by atoms with van der Waals surface area (Å²) in [6.45, 7) is 2.52. The van der Waals surface area contributed by atoms with E-state index < -0.39 is 10.0 Å². The second kappa shape index (κ2) is 9.51. The fraction of sp³-hybridized carbons (Fsp3) is 0.400. The van der Waals surface area contributed by atoms with Crippen molar-refractivity contribution in [3.63, 3.8) is 0 Å². The Morgan fingerprint density at radius 1 is 1.21 bits per heavy atom. The van der Waals surface area contributed by atoms with Gasteiger partial charge >= 0.3 is 0 Å². The Morgan fingerprint density at radius 2 is 1.97 bits per heavy atom. The third-order valence-corrected chi connectivity index (χ3v) is 7.63. The van der Waals surface area contributed by atoms with Crippen molar-refractivity contribution in [3.05, 3.63) is 46.7 Å². The summed E-state index contributed by atoms with van der Waals surface area (Å²) in [7, 11) is -3.69. The number of nitrogens with zero attached hydrogens (tertiary/aromatic N) is 1. The molecule has 156 valence electrons. The van der Waals surface area contributed by atoms with Gasteiger partial charge in [-0.25, -0.2) is 8.42 Å². The van der Waals surface area contributed by atoms with Crippen LogP contribution in [0.3, 0.4) is 0 Å². The van der Waals surface area contributed by atoms with Crippen LogP contribution in [-0.4, -0.2) is 44.2 Å². The highest BCUT2D eigenvalue weighted by Crippen LogP contribution is 2.25. The zero-order valence-electron chi connectivity index (χ0n) is 16.3. The van der Waals surface area contributed by atoms with Gasteiger partial charge in [0.15, 0.2) is 0 Å². The Labute approximate surface area is 175 Å². The van der Waals surface area contributed by atoms with Crippen molar-refractivity contribution in [3.8, 4) is 0 Å². The second-order valence-corrected chi connectivity index (χ2v) is 10.00. The van der Waals surface area contributed by atoms with Gasteiger partial charge in [-0.3, -0.25) is 9.59 Å². The first-order valence-electron chi connectivity index (χ1n) is 9.54. The van der Waals surface area contributed by atoms with Crippen LogP contribution >= 0.6 is 11.3 Å². The summed E-state index contributed by atoms with van der Waals surface area (Å²) in [5.74, 6) is -0.660. The van der Waals surface area contributed by atoms with Crippen LogP contribution < -0.4 is 10.6 Å². The molecule has 0 bridgehead atoms. The minimum atomic E-state index is -3.69. The molecule has 0 radical (unpaired) electrons. The summed E-state index contributed by atoms with van der Waals surface area (Å²) >= 11 is 1.65. The van der Waals surface area contributed by atoms with E-state index >= 15 is 0 Å². The average Bonchev–Trinajstić information content (AvgIpc) is 3.21. The first-order chi connectivity index (χ1) is 13.9. The SMILES string of the molecule is CC(=O)Nc1ccc(S(=O)(=O)N2CCC[C@@H](C(=O)NCCc3cccs3)C2)cc1. The smallest absolute Gasteiger partial charge is 0.243 e. The van der Waals surface area contributed by atoms with E-state index in [1.54, 1.807) is 23.5 Å². The number of nitrogens with one attached hydrogen (secondary N) is 2. The highest BCUT2D eigenvalue weighted by Gasteiger charge is 2.33. The summed E-state index contributed by atoms with van der Waals surface area (Å²) in [4.78, 5) is 25.0. The lowest BCUT2D eigenvalue weighted by Crippen LogP contribution is -2.45. The number of piperidine rings is 1. The molecule has 1 aliphatic heterocycles. The zero-order chi connectivity index (χ0) is 20.9. The van der Waals surface area contributed by atoms with Crippen LogP contribution in [-0.2, 0) is 26.0 Å². The van der Waals surface area contributed by atoms with Gasteiger partial charge in [0.2, 0.25) is 21.8 Å². The van der Waals surface area contributed by atoms with Crippen LogP contribution in [0.2, 0.25) is 0 Å². The number of thiophene rings is 1. The molecule has 7 nitrogen and oxygen atoms in total. The predicted octanol–water partition coefficient (Wildman–Crippen LogP) is 2.47. The highest BCUT2D eigenvalue weighted by molar-refractivity contribution is 7.89. The van der Waals surface area contributed by atoms with E-state index in [2.05, 4.69) is 10.6 Å². The number of hydrogen-bond acceptors (Lipinski definition) is 5. The fourth-order valence-electron chi connectivity index (χ4n) is 3.35. The number of anilines is 1. The second-order valence-electron chi connectivity index (χ2n) is 7.03. The average molecular weight is 436 g/mol. The molecule has 0 unspecified atom stereocenters. The Bertz CT molecular complexity index is 941. The lowest BCUT2D eigenvalue weighted by molar-refractivity contribution is -0.126. The number of benzene rings is 1. The number of hydrogen-bond donors (Lipinski definition) is 2. The standard InChI is InChI=1S/C20H25N3O4S2/c1-15(24)22-17-6-8-19(9-7-17)29(26,27)23-12-2-4-16(14-23)20(25)21-11-10-18-5-3-13-28-18/h3,5-9,13,16H,2,4,10-12,14H2,1H3,(H,21,25)(H,22,24)/t16-/m1/s1. The third kappa shape index (κ3) is 5.65. The molecule has 2 heterocycles. The first kappa shape index (κ1) is 21.5. The first-order valence-corrected chi connectivity index (χ1v) is 11.9. The molecule has 2 N–H and O–H groups in total. The lowest BCUT2D eigenvalue weighted by atomic mass is 9.99. The minimum absolute atomic E-state index is 0.0949. The quantitative estimate of drug-likeness (QED) is 0.698. The summed E-state index contributed by atoms with van der Waals surface area (Å²) in [6, 6.07) is 10.1. The monoisotopic (exact) mass is 435 g/mol. The Balaban J connectivity index is 1.59. The van der Waals surface area contributed by atoms with Crippen molar-refractivity contribution in [1.29, 1.82) is 0 Å². The van der Waals surface area contributed by atoms with Crippen molar-refractivity contribution in [1.82, 2.24) is 9.62 Å². The van der Waals surface area contributed by atoms with E-state index in [0.29, 0.717) is 31.6 Å². The van der Waals surface area contributed by atoms with Crippen LogP contribution in [0.25, 0.3) is 0 Å². The van der Waals surface area contributed by atoms with Crippen molar-refractivity contribution < 1.29 is 18.0 Å². The van der Waals surface area contributed by atoms with Crippen LogP contribution in [0, 0.1) is 5.92 Å². The summed E-state index contributed by atoms with van der Waals surface area (Å²) in [6.07, 6.45) is 2.10. The summed E-state index contributed by atoms with van der Waals surface area (Å²) in [5.41, 5.74) is 0.540. The maximum Gasteiger partial charge on any atom is 0.243 e. The van der Waals surface area contributed by atoms with Gasteiger partial charge in [0, 0.05) is 37.1 Å². The number of rotatable bonds is 7. The topological polar surface area (TPSA) is 95.6 Å². The van der Waals surface area contributed by atoms with Gasteiger partial charge in [-0.2, -0.15) is 4.31 Å². The Kier molecular flexibility index (Phi) is 7.05. The van der Waals surface area contributed by atoms with E-state index in [1.807, 2.05) is 17.5 Å². The van der Waals surface area contributed by atoms with Gasteiger partial charge in [0.1, 0.15) is 0 Å². The predicted molar refractivity (Wildman–Crippen MR) is 113 cm³/mol. The molecule has 29 heavy (non-hydrogen) atoms. The number of carbonyl (C=O) groups excluding carboxylic acids is 2. The molecular weight excluding hydrogens is 410 g/mol. The van der Waals surface area contributed by atoms with Gasteiger partial charge in [-0.1, -0.05) is 6.07 Å². The van der Waals surface area contributed by atoms with E-state index in [1.165, 1.54) is 28.2 Å². The van der Waals surface area contributed by atoms with E-state index in [-0.39, 0.29) is 29.2 Å². The van der Waals surface area contributed by atoms with Crippen molar-refractivity contribution in [2.24, 2.45) is 5.92 Å². The van der Waals surface area contributed by atoms with E-state index in [4.69, 9.17) is 0 Å². The minimum Gasteiger partial charge on any atom is -0.355 e. The maximum atomic E-state index is 13.0. The molecule has 2 amide bonds. The van der Waals surface area contributed by atoms with Gasteiger partial charge in [-0.15, -0.1) is 11.3 Å². The van der Waals surface area contributed by atoms with Crippen molar-refractivity contribution >= 4 is 38.9 Å². The molecule has 0 spiro atoms. The van der Waals surface area contributed by atoms with Gasteiger partial charge in [0.05, 0.1) is 10.8 Å². The molecule has 0 saturated carbocycles. The van der Waals surface area contributed by atoms with Gasteiger partial charge in [-0.05, 0) is 55.0 Å². The molecule has 9 heteroatoms. The van der Waals surface area contributed by atoms with Crippen LogP contribution in [0.15, 0.2) is 46.7 Å². The molecule has 1 atom stereocenters. The summed E-state index contributed by atoms with van der Waals surface area (Å²) < 4.78 is 27.3. The van der Waals surface area contributed by atoms with Crippen LogP contribution in [0.1, 0.15) is 24.6 Å². The van der Waals surface area contributed by atoms with E-state index in [9.17, 15) is 18.0 Å². The molecule has 0 aliphatic carbocycles. The number of carbonyl (C=O) groups is 2. The fourth-order valence-corrected chi connectivity index (χ4v) is 5.58. The third-order valence-electron chi connectivity index (χ3n) is 4.82. The largest absolute Gasteiger partial charge is 0.355 e. The molecule has 1 aromatic heterocycles. The van der Waals surface area contributed by atoms with Crippen LogP contribution in [0.5, 0.6) is 0 Å². The van der Waals surface area contributed by atoms with Crippen molar-refractivity contribution in [2.45, 2.75) is 31.1 Å². The summed E-state index contributed by atoms with van der Waals surface area (Å²) in [5, 5.41) is 7.55. The lowest BCUT2D eigenvalue weighted by Gasteiger charge is -2.31. The molecule has 1 aliphatic rings. The van der Waals surface area contributed by atoms with Crippen LogP contribution in [0.4, 0.5) is 5.69 Å². The van der Waals surface area contributed by atoms with Crippen molar-refractivity contribution in [2.75, 3.05) is 25.0 Å². The van der Waals surface area contributed by atoms with E-state index in [0.717, 1.165) is 6.42 Å². The number of sulfonamides is 1. The molecule has 3 rings (SSSR count). The normalized spacial score (nSPS) is 17.6.